The number of rotatable bonds is 8. The number of fused-ring (bicyclic) bond motifs is 1. The van der Waals surface area contributed by atoms with Crippen molar-refractivity contribution in [2.45, 2.75) is 12.8 Å². The SMILES string of the molecule is COc1ccccc1CCNC(=O)CN1C=Cc2cc(OC)c(OC)cc2CC1=O. The first-order chi connectivity index (χ1) is 14.5. The van der Waals surface area contributed by atoms with Crippen molar-refractivity contribution >= 4 is 17.9 Å². The zero-order valence-corrected chi connectivity index (χ0v) is 17.4. The van der Waals surface area contributed by atoms with Crippen molar-refractivity contribution in [2.75, 3.05) is 34.4 Å². The Morgan fingerprint density at radius 1 is 1.03 bits per heavy atom. The van der Waals surface area contributed by atoms with Gasteiger partial charge in [0.1, 0.15) is 12.3 Å². The van der Waals surface area contributed by atoms with Gasteiger partial charge in [0.05, 0.1) is 27.8 Å². The fourth-order valence-corrected chi connectivity index (χ4v) is 3.36. The first-order valence-corrected chi connectivity index (χ1v) is 9.67. The van der Waals surface area contributed by atoms with Gasteiger partial charge in [0, 0.05) is 12.7 Å². The highest BCUT2D eigenvalue weighted by Crippen LogP contribution is 2.32. The molecule has 1 aliphatic rings. The highest BCUT2D eigenvalue weighted by molar-refractivity contribution is 5.89. The standard InChI is InChI=1S/C23H26N2O5/c1-28-19-7-5-4-6-16(19)8-10-24-22(26)15-25-11-9-17-12-20(29-2)21(30-3)13-18(17)14-23(25)27/h4-7,9,11-13H,8,10,14-15H2,1-3H3,(H,24,26). The molecule has 1 heterocycles. The van der Waals surface area contributed by atoms with Crippen LogP contribution in [-0.2, 0) is 22.4 Å². The number of para-hydroxylation sites is 1. The third-order valence-electron chi connectivity index (χ3n) is 4.96. The van der Waals surface area contributed by atoms with E-state index in [2.05, 4.69) is 5.32 Å². The van der Waals surface area contributed by atoms with Crippen LogP contribution in [0.5, 0.6) is 17.2 Å². The normalized spacial score (nSPS) is 12.8. The monoisotopic (exact) mass is 410 g/mol. The molecule has 1 N–H and O–H groups in total. The van der Waals surface area contributed by atoms with Gasteiger partial charge in [-0.15, -0.1) is 0 Å². The van der Waals surface area contributed by atoms with Gasteiger partial charge in [0.2, 0.25) is 11.8 Å². The molecule has 7 heteroatoms. The van der Waals surface area contributed by atoms with E-state index in [0.29, 0.717) is 24.5 Å². The fourth-order valence-electron chi connectivity index (χ4n) is 3.36. The summed E-state index contributed by atoms with van der Waals surface area (Å²) in [5, 5.41) is 2.87. The molecule has 0 fully saturated rings. The molecule has 0 saturated carbocycles. The second kappa shape index (κ2) is 9.82. The number of hydrogen-bond donors (Lipinski definition) is 1. The lowest BCUT2D eigenvalue weighted by Crippen LogP contribution is -2.38. The summed E-state index contributed by atoms with van der Waals surface area (Å²) < 4.78 is 16.0. The number of carbonyl (C=O) groups is 2. The maximum absolute atomic E-state index is 12.7. The van der Waals surface area contributed by atoms with Crippen LogP contribution in [0.2, 0.25) is 0 Å². The number of benzene rings is 2. The van der Waals surface area contributed by atoms with Crippen molar-refractivity contribution in [1.29, 1.82) is 0 Å². The highest BCUT2D eigenvalue weighted by atomic mass is 16.5. The van der Waals surface area contributed by atoms with E-state index in [0.717, 1.165) is 22.4 Å². The van der Waals surface area contributed by atoms with Gasteiger partial charge in [-0.1, -0.05) is 18.2 Å². The number of amides is 2. The third-order valence-corrected chi connectivity index (χ3v) is 4.96. The van der Waals surface area contributed by atoms with Gasteiger partial charge in [0.25, 0.3) is 0 Å². The Bertz CT molecular complexity index is 955. The number of nitrogens with zero attached hydrogens (tertiary/aromatic N) is 1. The van der Waals surface area contributed by atoms with Gasteiger partial charge in [-0.3, -0.25) is 9.59 Å². The van der Waals surface area contributed by atoms with E-state index < -0.39 is 0 Å². The quantitative estimate of drug-likeness (QED) is 0.723. The molecular formula is C23H26N2O5. The molecule has 0 atom stereocenters. The van der Waals surface area contributed by atoms with E-state index in [4.69, 9.17) is 14.2 Å². The van der Waals surface area contributed by atoms with Gasteiger partial charge < -0.3 is 24.4 Å². The summed E-state index contributed by atoms with van der Waals surface area (Å²) in [6.45, 7) is 0.420. The summed E-state index contributed by atoms with van der Waals surface area (Å²) in [7, 11) is 4.75. The largest absolute Gasteiger partial charge is 0.496 e. The summed E-state index contributed by atoms with van der Waals surface area (Å²) in [4.78, 5) is 26.5. The Kier molecular flexibility index (Phi) is 6.95. The molecule has 0 saturated heterocycles. The highest BCUT2D eigenvalue weighted by Gasteiger charge is 2.21. The molecule has 1 aliphatic heterocycles. The van der Waals surface area contributed by atoms with Crippen LogP contribution >= 0.6 is 0 Å². The Hall–Kier alpha value is -3.48. The Balaban J connectivity index is 1.60. The average Bonchev–Trinajstić information content (AvgIpc) is 2.91. The zero-order valence-electron chi connectivity index (χ0n) is 17.4. The molecule has 0 unspecified atom stereocenters. The molecular weight excluding hydrogens is 384 g/mol. The Labute approximate surface area is 176 Å². The van der Waals surface area contributed by atoms with E-state index in [-0.39, 0.29) is 24.8 Å². The topological polar surface area (TPSA) is 77.1 Å². The molecule has 0 bridgehead atoms. The molecule has 2 aromatic rings. The van der Waals surface area contributed by atoms with Crippen LogP contribution in [0, 0.1) is 0 Å². The van der Waals surface area contributed by atoms with Crippen molar-refractivity contribution in [3.05, 3.63) is 59.3 Å². The Morgan fingerprint density at radius 3 is 2.47 bits per heavy atom. The van der Waals surface area contributed by atoms with Gasteiger partial charge in [-0.05, 0) is 47.4 Å². The molecule has 7 nitrogen and oxygen atoms in total. The zero-order chi connectivity index (χ0) is 21.5. The van der Waals surface area contributed by atoms with Crippen molar-refractivity contribution in [1.82, 2.24) is 10.2 Å². The predicted molar refractivity (Wildman–Crippen MR) is 114 cm³/mol. The van der Waals surface area contributed by atoms with E-state index in [1.807, 2.05) is 36.4 Å². The van der Waals surface area contributed by atoms with E-state index in [9.17, 15) is 9.59 Å². The summed E-state index contributed by atoms with van der Waals surface area (Å²) in [5.74, 6) is 1.58. The van der Waals surface area contributed by atoms with E-state index in [1.54, 1.807) is 33.6 Å². The molecule has 2 amide bonds. The molecule has 158 valence electrons. The molecule has 0 aliphatic carbocycles. The fraction of sp³-hybridized carbons (Fsp3) is 0.304. The summed E-state index contributed by atoms with van der Waals surface area (Å²) in [6, 6.07) is 11.3. The van der Waals surface area contributed by atoms with Crippen molar-refractivity contribution < 1.29 is 23.8 Å². The predicted octanol–water partition coefficient (Wildman–Crippen LogP) is 2.43. The number of carbonyl (C=O) groups excluding carboxylic acids is 2. The maximum Gasteiger partial charge on any atom is 0.240 e. The molecule has 2 aromatic carbocycles. The first-order valence-electron chi connectivity index (χ1n) is 9.67. The van der Waals surface area contributed by atoms with Gasteiger partial charge in [0.15, 0.2) is 11.5 Å². The lowest BCUT2D eigenvalue weighted by molar-refractivity contribution is -0.132. The summed E-state index contributed by atoms with van der Waals surface area (Å²) in [5.41, 5.74) is 2.71. The minimum atomic E-state index is -0.219. The van der Waals surface area contributed by atoms with Crippen LogP contribution < -0.4 is 19.5 Å². The number of ether oxygens (including phenoxy) is 3. The van der Waals surface area contributed by atoms with Gasteiger partial charge >= 0.3 is 0 Å². The molecule has 3 rings (SSSR count). The van der Waals surface area contributed by atoms with Crippen LogP contribution in [0.15, 0.2) is 42.6 Å². The number of methoxy groups -OCH3 is 3. The van der Waals surface area contributed by atoms with Crippen molar-refractivity contribution in [3.8, 4) is 17.2 Å². The van der Waals surface area contributed by atoms with Crippen molar-refractivity contribution in [3.63, 3.8) is 0 Å². The number of nitrogens with one attached hydrogen (secondary N) is 1. The lowest BCUT2D eigenvalue weighted by Gasteiger charge is -2.17. The summed E-state index contributed by atoms with van der Waals surface area (Å²) >= 11 is 0. The van der Waals surface area contributed by atoms with Crippen LogP contribution in [0.1, 0.15) is 16.7 Å². The van der Waals surface area contributed by atoms with Crippen LogP contribution in [0.25, 0.3) is 6.08 Å². The van der Waals surface area contributed by atoms with Crippen LogP contribution in [-0.4, -0.2) is 51.1 Å². The summed E-state index contributed by atoms with van der Waals surface area (Å²) in [6.07, 6.45) is 4.27. The average molecular weight is 410 g/mol. The minimum Gasteiger partial charge on any atom is -0.496 e. The third kappa shape index (κ3) is 4.92. The molecule has 0 radical (unpaired) electrons. The van der Waals surface area contributed by atoms with Crippen molar-refractivity contribution in [2.24, 2.45) is 0 Å². The smallest absolute Gasteiger partial charge is 0.240 e. The number of hydrogen-bond acceptors (Lipinski definition) is 5. The first kappa shape index (κ1) is 21.2. The molecule has 0 spiro atoms. The second-order valence-corrected chi connectivity index (χ2v) is 6.83. The minimum absolute atomic E-state index is 0.0382. The van der Waals surface area contributed by atoms with Crippen LogP contribution in [0.4, 0.5) is 0 Å². The van der Waals surface area contributed by atoms with Crippen LogP contribution in [0.3, 0.4) is 0 Å². The maximum atomic E-state index is 12.7. The Morgan fingerprint density at radius 2 is 1.73 bits per heavy atom. The van der Waals surface area contributed by atoms with Gasteiger partial charge in [-0.2, -0.15) is 0 Å². The molecule has 30 heavy (non-hydrogen) atoms. The molecule has 0 aromatic heterocycles. The lowest BCUT2D eigenvalue weighted by atomic mass is 10.0. The van der Waals surface area contributed by atoms with E-state index in [1.165, 1.54) is 4.90 Å². The van der Waals surface area contributed by atoms with E-state index >= 15 is 0 Å². The second-order valence-electron chi connectivity index (χ2n) is 6.83. The van der Waals surface area contributed by atoms with Gasteiger partial charge in [-0.25, -0.2) is 0 Å².